The smallest absolute Gasteiger partial charge is 0.324 e. The van der Waals surface area contributed by atoms with Gasteiger partial charge in [0.15, 0.2) is 0 Å². The van der Waals surface area contributed by atoms with Crippen LogP contribution in [0.4, 0.5) is 0 Å². The van der Waals surface area contributed by atoms with Crippen LogP contribution in [-0.2, 0) is 21.4 Å². The van der Waals surface area contributed by atoms with Gasteiger partial charge in [0.05, 0.1) is 6.26 Å². The largest absolute Gasteiger partial charge is 0.480 e. The molecule has 0 aliphatic carbocycles. The zero-order valence-corrected chi connectivity index (χ0v) is 10.6. The van der Waals surface area contributed by atoms with Gasteiger partial charge in [-0.15, -0.1) is 0 Å². The molecular weight excluding hydrogens is 266 g/mol. The molecule has 0 amide bonds. The van der Waals surface area contributed by atoms with Crippen LogP contribution in [0.3, 0.4) is 0 Å². The van der Waals surface area contributed by atoms with Crippen molar-refractivity contribution in [3.05, 3.63) is 41.4 Å². The number of carboxylic acid groups (broad SMARTS) is 1. The molecule has 0 saturated carbocycles. The van der Waals surface area contributed by atoms with Gasteiger partial charge in [0.2, 0.25) is 10.0 Å². The molecule has 7 heteroatoms. The first-order chi connectivity index (χ1) is 7.79. The highest BCUT2D eigenvalue weighted by atomic mass is 35.5. The van der Waals surface area contributed by atoms with Crippen LogP contribution in [0.2, 0.25) is 5.02 Å². The van der Waals surface area contributed by atoms with Crippen molar-refractivity contribution in [1.29, 1.82) is 0 Å². The molecule has 5 nitrogen and oxygen atoms in total. The second kappa shape index (κ2) is 5.48. The summed E-state index contributed by atoms with van der Waals surface area (Å²) in [7, 11) is -3.60. The first-order valence-corrected chi connectivity index (χ1v) is 6.81. The number of benzene rings is 1. The van der Waals surface area contributed by atoms with E-state index in [1.165, 1.54) is 0 Å². The van der Waals surface area contributed by atoms with Gasteiger partial charge in [0, 0.05) is 11.6 Å². The minimum atomic E-state index is -3.60. The third kappa shape index (κ3) is 4.72. The lowest BCUT2D eigenvalue weighted by atomic mass is 10.2. The Hall–Kier alpha value is -1.11. The molecule has 93 valence electrons. The van der Waals surface area contributed by atoms with E-state index in [-0.39, 0.29) is 6.54 Å². The quantitative estimate of drug-likeness (QED) is 0.881. The van der Waals surface area contributed by atoms with Crippen molar-refractivity contribution >= 4 is 27.6 Å². The first-order valence-electron chi connectivity index (χ1n) is 4.58. The van der Waals surface area contributed by atoms with E-state index >= 15 is 0 Å². The molecule has 0 saturated heterocycles. The van der Waals surface area contributed by atoms with Gasteiger partial charge in [-0.3, -0.25) is 4.79 Å². The summed E-state index contributed by atoms with van der Waals surface area (Å²) in [4.78, 5) is 10.5. The van der Waals surface area contributed by atoms with Crippen molar-refractivity contribution in [2.45, 2.75) is 6.54 Å². The summed E-state index contributed by atoms with van der Waals surface area (Å²) in [5, 5.41) is 9.12. The molecule has 1 rings (SSSR count). The first kappa shape index (κ1) is 14.0. The fourth-order valence-corrected chi connectivity index (χ4v) is 1.94. The maximum absolute atomic E-state index is 11.3. The molecule has 0 fully saturated rings. The maximum atomic E-state index is 11.3. The Labute approximate surface area is 105 Å². The molecule has 0 aromatic heterocycles. The summed E-state index contributed by atoms with van der Waals surface area (Å²) in [6.45, 7) is 0.590. The fourth-order valence-electron chi connectivity index (χ4n) is 1.15. The van der Waals surface area contributed by atoms with Crippen molar-refractivity contribution in [2.75, 3.05) is 6.26 Å². The van der Waals surface area contributed by atoms with Crippen molar-refractivity contribution in [3.8, 4) is 0 Å². The normalized spacial score (nSPS) is 11.7. The van der Waals surface area contributed by atoms with Gasteiger partial charge in [-0.05, 0) is 17.7 Å². The number of nitrogens with zero attached hydrogens (tertiary/aromatic N) is 1. The zero-order chi connectivity index (χ0) is 13.1. The summed E-state index contributed by atoms with van der Waals surface area (Å²) in [6, 6.07) is 6.49. The Morgan fingerprint density at radius 2 is 1.94 bits per heavy atom. The average molecular weight is 277 g/mol. The van der Waals surface area contributed by atoms with Crippen molar-refractivity contribution in [2.24, 2.45) is 0 Å². The molecule has 0 spiro atoms. The number of halogens is 1. The standard InChI is InChI=1S/C10H11ClNO4S/c1-17(15,16)12(7-10(13)14)6-8-2-4-9(11)5-3-8/h2-5,7H,6H2,1H3,(H,13,14). The van der Waals surface area contributed by atoms with Crippen molar-refractivity contribution in [3.63, 3.8) is 0 Å². The summed E-state index contributed by atoms with van der Waals surface area (Å²) >= 11 is 5.69. The van der Waals surface area contributed by atoms with E-state index in [0.717, 1.165) is 10.6 Å². The maximum Gasteiger partial charge on any atom is 0.324 e. The Balaban J connectivity index is 2.87. The van der Waals surface area contributed by atoms with Crippen LogP contribution in [0.5, 0.6) is 0 Å². The van der Waals surface area contributed by atoms with E-state index in [1.807, 2.05) is 0 Å². The lowest BCUT2D eigenvalue weighted by Crippen LogP contribution is -2.30. The van der Waals surface area contributed by atoms with Crippen LogP contribution in [0.15, 0.2) is 24.3 Å². The van der Waals surface area contributed by atoms with Crippen molar-refractivity contribution < 1.29 is 18.3 Å². The Bertz CT molecular complexity index is 498. The highest BCUT2D eigenvalue weighted by Gasteiger charge is 2.20. The highest BCUT2D eigenvalue weighted by Crippen LogP contribution is 2.14. The Morgan fingerprint density at radius 1 is 1.41 bits per heavy atom. The predicted molar refractivity (Wildman–Crippen MR) is 63.8 cm³/mol. The minimum absolute atomic E-state index is 0.0394. The lowest BCUT2D eigenvalue weighted by molar-refractivity contribution is -0.134. The number of sulfonamides is 1. The van der Waals surface area contributed by atoms with Crippen LogP contribution in [-0.4, -0.2) is 30.1 Å². The molecule has 1 radical (unpaired) electrons. The molecule has 0 bridgehead atoms. The van der Waals surface area contributed by atoms with E-state index in [2.05, 4.69) is 0 Å². The lowest BCUT2D eigenvalue weighted by Gasteiger charge is -2.17. The van der Waals surface area contributed by atoms with E-state index in [9.17, 15) is 13.2 Å². The van der Waals surface area contributed by atoms with Gasteiger partial charge in [-0.2, -0.15) is 4.31 Å². The zero-order valence-electron chi connectivity index (χ0n) is 9.00. The number of hydrogen-bond donors (Lipinski definition) is 1. The minimum Gasteiger partial charge on any atom is -0.480 e. The second-order valence-electron chi connectivity index (χ2n) is 3.40. The topological polar surface area (TPSA) is 74.7 Å². The monoisotopic (exact) mass is 276 g/mol. The van der Waals surface area contributed by atoms with Crippen LogP contribution < -0.4 is 0 Å². The van der Waals surface area contributed by atoms with Crippen molar-refractivity contribution in [1.82, 2.24) is 4.31 Å². The number of aliphatic carboxylic acids is 1. The molecule has 1 aromatic carbocycles. The SMILES string of the molecule is CS(=O)(=O)N([CH]C(=O)O)Cc1ccc(Cl)cc1. The van der Waals surface area contributed by atoms with Gasteiger partial charge in [0.25, 0.3) is 0 Å². The van der Waals surface area contributed by atoms with Gasteiger partial charge < -0.3 is 5.11 Å². The van der Waals surface area contributed by atoms with Crippen LogP contribution >= 0.6 is 11.6 Å². The summed E-state index contributed by atoms with van der Waals surface area (Å²) < 4.78 is 23.4. The van der Waals surface area contributed by atoms with Crippen LogP contribution in [0.25, 0.3) is 0 Å². The number of carboxylic acids is 1. The molecule has 0 aliphatic heterocycles. The average Bonchev–Trinajstić information content (AvgIpc) is 2.18. The Kier molecular flexibility index (Phi) is 4.50. The third-order valence-electron chi connectivity index (χ3n) is 1.93. The molecule has 0 aliphatic rings. The number of carbonyl (C=O) groups is 1. The molecule has 17 heavy (non-hydrogen) atoms. The number of rotatable bonds is 5. The molecule has 0 atom stereocenters. The van der Waals surface area contributed by atoms with E-state index in [4.69, 9.17) is 16.7 Å². The van der Waals surface area contributed by atoms with Crippen LogP contribution in [0, 0.1) is 6.54 Å². The molecule has 0 unspecified atom stereocenters. The predicted octanol–water partition coefficient (Wildman–Crippen LogP) is 1.35. The van der Waals surface area contributed by atoms with E-state index < -0.39 is 16.0 Å². The summed E-state index contributed by atoms with van der Waals surface area (Å²) in [6.07, 6.45) is 0.947. The third-order valence-corrected chi connectivity index (χ3v) is 3.27. The van der Waals surface area contributed by atoms with Crippen LogP contribution in [0.1, 0.15) is 5.56 Å². The van der Waals surface area contributed by atoms with Gasteiger partial charge in [-0.25, -0.2) is 8.42 Å². The summed E-state index contributed by atoms with van der Waals surface area (Å²) in [5.41, 5.74) is 0.650. The van der Waals surface area contributed by atoms with E-state index in [0.29, 0.717) is 17.1 Å². The van der Waals surface area contributed by atoms with Gasteiger partial charge >= 0.3 is 5.97 Å². The highest BCUT2D eigenvalue weighted by molar-refractivity contribution is 7.88. The molecular formula is C10H11ClNO4S. The molecule has 1 aromatic rings. The second-order valence-corrected chi connectivity index (χ2v) is 5.77. The van der Waals surface area contributed by atoms with E-state index in [1.54, 1.807) is 24.3 Å². The molecule has 1 N–H and O–H groups in total. The van der Waals surface area contributed by atoms with Gasteiger partial charge in [-0.1, -0.05) is 23.7 Å². The fraction of sp³-hybridized carbons (Fsp3) is 0.200. The summed E-state index contributed by atoms with van der Waals surface area (Å²) in [5.74, 6) is -1.32. The molecule has 0 heterocycles. The van der Waals surface area contributed by atoms with Gasteiger partial charge in [0.1, 0.15) is 6.54 Å². The number of hydrogen-bond acceptors (Lipinski definition) is 3. The Morgan fingerprint density at radius 3 is 2.35 bits per heavy atom.